The van der Waals surface area contributed by atoms with E-state index in [1.54, 1.807) is 12.1 Å². The molecule has 0 aliphatic rings. The summed E-state index contributed by atoms with van der Waals surface area (Å²) in [5.41, 5.74) is 0.0577. The van der Waals surface area contributed by atoms with Crippen LogP contribution in [0.15, 0.2) is 37.9 Å². The molecule has 0 saturated carbocycles. The molecule has 0 amide bonds. The Morgan fingerprint density at radius 1 is 1.23 bits per heavy atom. The second-order valence-electron chi connectivity index (χ2n) is 2.56. The molecule has 0 saturated heterocycles. The fraction of sp³-hybridized carbons (Fsp3) is 0. The molecular formula is C9H5BrO3. The molecule has 1 N–H and O–H groups in total. The fourth-order valence-electron chi connectivity index (χ4n) is 1.10. The van der Waals surface area contributed by atoms with Crippen LogP contribution < -0.4 is 5.63 Å². The zero-order valence-corrected chi connectivity index (χ0v) is 8.04. The van der Waals surface area contributed by atoms with Gasteiger partial charge in [0.15, 0.2) is 0 Å². The van der Waals surface area contributed by atoms with Crippen LogP contribution in [0, 0.1) is 0 Å². The first-order valence-electron chi connectivity index (χ1n) is 3.60. The number of halogens is 1. The second kappa shape index (κ2) is 2.88. The zero-order chi connectivity index (χ0) is 9.42. The predicted molar refractivity (Wildman–Crippen MR) is 51.8 cm³/mol. The van der Waals surface area contributed by atoms with E-state index in [-0.39, 0.29) is 5.75 Å². The summed E-state index contributed by atoms with van der Waals surface area (Å²) in [5.74, 6) is 0.126. The minimum atomic E-state index is -0.398. The molecule has 0 fully saturated rings. The molecule has 2 rings (SSSR count). The van der Waals surface area contributed by atoms with Gasteiger partial charge in [0.05, 0.1) is 4.47 Å². The quantitative estimate of drug-likeness (QED) is 0.719. The summed E-state index contributed by atoms with van der Waals surface area (Å²) in [4.78, 5) is 10.8. The highest BCUT2D eigenvalue weighted by atomic mass is 79.9. The standard InChI is InChI=1S/C9H5BrO3/c10-9-5-1-4-8(12)13-7(5)3-2-6(9)11/h1-4,11H. The molecule has 0 radical (unpaired) electrons. The molecule has 0 spiro atoms. The van der Waals surface area contributed by atoms with E-state index < -0.39 is 5.63 Å². The van der Waals surface area contributed by atoms with E-state index in [2.05, 4.69) is 15.9 Å². The molecule has 4 heteroatoms. The highest BCUT2D eigenvalue weighted by molar-refractivity contribution is 9.10. The van der Waals surface area contributed by atoms with E-state index in [4.69, 9.17) is 4.42 Å². The number of rotatable bonds is 0. The zero-order valence-electron chi connectivity index (χ0n) is 6.45. The van der Waals surface area contributed by atoms with Gasteiger partial charge in [0.2, 0.25) is 0 Å². The van der Waals surface area contributed by atoms with Crippen LogP contribution in [0.4, 0.5) is 0 Å². The molecular weight excluding hydrogens is 236 g/mol. The van der Waals surface area contributed by atoms with Crippen molar-refractivity contribution in [2.24, 2.45) is 0 Å². The summed E-state index contributed by atoms with van der Waals surface area (Å²) in [7, 11) is 0. The molecule has 3 nitrogen and oxygen atoms in total. The Labute approximate surface area is 81.7 Å². The summed E-state index contributed by atoms with van der Waals surface area (Å²) in [6.07, 6.45) is 0. The molecule has 0 aliphatic carbocycles. The lowest BCUT2D eigenvalue weighted by molar-refractivity contribution is 0.472. The van der Waals surface area contributed by atoms with Gasteiger partial charge in [0.1, 0.15) is 11.3 Å². The average Bonchev–Trinajstić information content (AvgIpc) is 2.12. The molecule has 1 heterocycles. The molecule has 2 aromatic rings. The summed E-state index contributed by atoms with van der Waals surface area (Å²) in [5, 5.41) is 10.0. The van der Waals surface area contributed by atoms with Gasteiger partial charge in [0, 0.05) is 11.5 Å². The number of phenolic OH excluding ortho intramolecular Hbond substituents is 1. The first kappa shape index (κ1) is 8.31. The van der Waals surface area contributed by atoms with Gasteiger partial charge in [-0.1, -0.05) is 0 Å². The average molecular weight is 241 g/mol. The minimum absolute atomic E-state index is 0.126. The van der Waals surface area contributed by atoms with E-state index >= 15 is 0 Å². The summed E-state index contributed by atoms with van der Waals surface area (Å²) < 4.78 is 5.44. The Hall–Kier alpha value is -1.29. The van der Waals surface area contributed by atoms with Gasteiger partial charge in [-0.05, 0) is 34.1 Å². The van der Waals surface area contributed by atoms with Crippen LogP contribution in [0.1, 0.15) is 0 Å². The van der Waals surface area contributed by atoms with Crippen LogP contribution in [-0.2, 0) is 0 Å². The maximum Gasteiger partial charge on any atom is 0.336 e. The molecule has 13 heavy (non-hydrogen) atoms. The van der Waals surface area contributed by atoms with Gasteiger partial charge >= 0.3 is 5.63 Å². The van der Waals surface area contributed by atoms with Gasteiger partial charge in [-0.3, -0.25) is 0 Å². The number of aromatic hydroxyl groups is 1. The number of hydrogen-bond donors (Lipinski definition) is 1. The topological polar surface area (TPSA) is 50.4 Å². The third-order valence-corrected chi connectivity index (χ3v) is 2.55. The van der Waals surface area contributed by atoms with E-state index in [0.29, 0.717) is 15.4 Å². The Bertz CT molecular complexity index is 516. The molecule has 1 aromatic carbocycles. The predicted octanol–water partition coefficient (Wildman–Crippen LogP) is 2.26. The van der Waals surface area contributed by atoms with Gasteiger partial charge in [-0.15, -0.1) is 0 Å². The van der Waals surface area contributed by atoms with E-state index in [9.17, 15) is 9.90 Å². The Kier molecular flexibility index (Phi) is 1.84. The molecule has 0 unspecified atom stereocenters. The van der Waals surface area contributed by atoms with Crippen molar-refractivity contribution in [1.29, 1.82) is 0 Å². The molecule has 1 aromatic heterocycles. The highest BCUT2D eigenvalue weighted by Gasteiger charge is 2.04. The lowest BCUT2D eigenvalue weighted by Gasteiger charge is -2.00. The smallest absolute Gasteiger partial charge is 0.336 e. The van der Waals surface area contributed by atoms with Crippen molar-refractivity contribution in [3.8, 4) is 5.75 Å². The third-order valence-electron chi connectivity index (χ3n) is 1.72. The molecule has 0 atom stereocenters. The Balaban J connectivity index is 2.95. The van der Waals surface area contributed by atoms with Crippen LogP contribution in [0.25, 0.3) is 11.0 Å². The van der Waals surface area contributed by atoms with Crippen molar-refractivity contribution in [1.82, 2.24) is 0 Å². The second-order valence-corrected chi connectivity index (χ2v) is 3.36. The maximum atomic E-state index is 10.8. The Morgan fingerprint density at radius 3 is 2.77 bits per heavy atom. The first-order chi connectivity index (χ1) is 6.18. The number of phenols is 1. The largest absolute Gasteiger partial charge is 0.507 e. The first-order valence-corrected chi connectivity index (χ1v) is 4.39. The molecule has 0 bridgehead atoms. The Morgan fingerprint density at radius 2 is 2.00 bits per heavy atom. The van der Waals surface area contributed by atoms with Crippen molar-refractivity contribution in [3.63, 3.8) is 0 Å². The van der Waals surface area contributed by atoms with Gasteiger partial charge in [-0.25, -0.2) is 4.79 Å². The van der Waals surface area contributed by atoms with E-state index in [0.717, 1.165) is 0 Å². The van der Waals surface area contributed by atoms with Crippen molar-refractivity contribution >= 4 is 26.9 Å². The monoisotopic (exact) mass is 240 g/mol. The number of benzene rings is 1. The van der Waals surface area contributed by atoms with Crippen LogP contribution in [0.5, 0.6) is 5.75 Å². The van der Waals surface area contributed by atoms with Gasteiger partial charge in [0.25, 0.3) is 0 Å². The van der Waals surface area contributed by atoms with Crippen molar-refractivity contribution in [3.05, 3.63) is 39.2 Å². The van der Waals surface area contributed by atoms with Crippen LogP contribution >= 0.6 is 15.9 Å². The van der Waals surface area contributed by atoms with Crippen LogP contribution in [0.2, 0.25) is 0 Å². The van der Waals surface area contributed by atoms with Crippen LogP contribution in [0.3, 0.4) is 0 Å². The minimum Gasteiger partial charge on any atom is -0.507 e. The van der Waals surface area contributed by atoms with Gasteiger partial charge in [-0.2, -0.15) is 0 Å². The third kappa shape index (κ3) is 1.33. The summed E-state index contributed by atoms with van der Waals surface area (Å²) >= 11 is 3.19. The van der Waals surface area contributed by atoms with E-state index in [1.165, 1.54) is 12.1 Å². The van der Waals surface area contributed by atoms with E-state index in [1.807, 2.05) is 0 Å². The summed E-state index contributed by atoms with van der Waals surface area (Å²) in [6, 6.07) is 5.93. The number of fused-ring (bicyclic) bond motifs is 1. The normalized spacial score (nSPS) is 10.5. The van der Waals surface area contributed by atoms with Crippen molar-refractivity contribution in [2.75, 3.05) is 0 Å². The molecule has 0 aliphatic heterocycles. The fourth-order valence-corrected chi connectivity index (χ4v) is 1.56. The van der Waals surface area contributed by atoms with Gasteiger partial charge < -0.3 is 9.52 Å². The lowest BCUT2D eigenvalue weighted by atomic mass is 10.2. The SMILES string of the molecule is O=c1ccc2c(Br)c(O)ccc2o1. The number of hydrogen-bond acceptors (Lipinski definition) is 3. The highest BCUT2D eigenvalue weighted by Crippen LogP contribution is 2.30. The lowest BCUT2D eigenvalue weighted by Crippen LogP contribution is -1.94. The summed E-state index contributed by atoms with van der Waals surface area (Å²) in [6.45, 7) is 0. The van der Waals surface area contributed by atoms with Crippen molar-refractivity contribution < 1.29 is 9.52 Å². The van der Waals surface area contributed by atoms with Crippen LogP contribution in [-0.4, -0.2) is 5.11 Å². The maximum absolute atomic E-state index is 10.8. The van der Waals surface area contributed by atoms with Crippen molar-refractivity contribution in [2.45, 2.75) is 0 Å². The molecule has 66 valence electrons.